The SMILES string of the molecule is CC1(C)CC[C@@](C)(c2ccc(Cl)c(Cl)c2)c2ccccc21. The summed E-state index contributed by atoms with van der Waals surface area (Å²) in [6.45, 7) is 6.99. The van der Waals surface area contributed by atoms with Crippen LogP contribution in [0.15, 0.2) is 42.5 Å². The van der Waals surface area contributed by atoms with E-state index < -0.39 is 0 Å². The topological polar surface area (TPSA) is 0 Å². The maximum absolute atomic E-state index is 6.25. The summed E-state index contributed by atoms with van der Waals surface area (Å²) in [5, 5.41) is 1.26. The molecule has 1 atom stereocenters. The zero-order chi connectivity index (χ0) is 15.3. The standard InChI is InChI=1S/C19H20Cl2/c1-18(2)10-11-19(3,15-7-5-4-6-14(15)18)13-8-9-16(20)17(21)12-13/h4-9,12H,10-11H2,1-3H3/t19-/m0/s1. The van der Waals surface area contributed by atoms with Crippen molar-refractivity contribution in [1.82, 2.24) is 0 Å². The fraction of sp³-hybridized carbons (Fsp3) is 0.368. The Morgan fingerprint density at radius 2 is 1.48 bits per heavy atom. The molecule has 0 heterocycles. The normalized spacial score (nSPS) is 23.7. The molecule has 2 heteroatoms. The lowest BCUT2D eigenvalue weighted by Gasteiger charge is -2.44. The molecule has 0 spiro atoms. The van der Waals surface area contributed by atoms with E-state index in [0.29, 0.717) is 10.0 Å². The smallest absolute Gasteiger partial charge is 0.0595 e. The quantitative estimate of drug-likeness (QED) is 0.573. The highest BCUT2D eigenvalue weighted by Gasteiger charge is 2.40. The lowest BCUT2D eigenvalue weighted by Crippen LogP contribution is -2.36. The summed E-state index contributed by atoms with van der Waals surface area (Å²) < 4.78 is 0. The van der Waals surface area contributed by atoms with E-state index in [0.717, 1.165) is 6.42 Å². The lowest BCUT2D eigenvalue weighted by atomic mass is 9.60. The van der Waals surface area contributed by atoms with Crippen LogP contribution in [0, 0.1) is 0 Å². The van der Waals surface area contributed by atoms with E-state index in [9.17, 15) is 0 Å². The van der Waals surface area contributed by atoms with Crippen LogP contribution in [-0.4, -0.2) is 0 Å². The predicted molar refractivity (Wildman–Crippen MR) is 91.6 cm³/mol. The Labute approximate surface area is 137 Å². The van der Waals surface area contributed by atoms with Gasteiger partial charge in [-0.3, -0.25) is 0 Å². The Hall–Kier alpha value is -0.980. The van der Waals surface area contributed by atoms with Crippen molar-refractivity contribution in [2.75, 3.05) is 0 Å². The molecule has 110 valence electrons. The molecular formula is C19H20Cl2. The summed E-state index contributed by atoms with van der Waals surface area (Å²) in [5.41, 5.74) is 4.34. The highest BCUT2D eigenvalue weighted by Crippen LogP contribution is 2.49. The van der Waals surface area contributed by atoms with Crippen molar-refractivity contribution in [1.29, 1.82) is 0 Å². The molecular weight excluding hydrogens is 299 g/mol. The van der Waals surface area contributed by atoms with E-state index in [1.807, 2.05) is 12.1 Å². The van der Waals surface area contributed by atoms with Gasteiger partial charge in [0.25, 0.3) is 0 Å². The number of benzene rings is 2. The third-order valence-corrected chi connectivity index (χ3v) is 5.80. The van der Waals surface area contributed by atoms with E-state index in [2.05, 4.69) is 51.1 Å². The van der Waals surface area contributed by atoms with Crippen LogP contribution in [0.25, 0.3) is 0 Å². The Morgan fingerprint density at radius 3 is 2.14 bits per heavy atom. The Bertz CT molecular complexity index is 688. The monoisotopic (exact) mass is 318 g/mol. The van der Waals surface area contributed by atoms with Gasteiger partial charge in [-0.1, -0.05) is 74.3 Å². The lowest BCUT2D eigenvalue weighted by molar-refractivity contribution is 0.349. The third-order valence-electron chi connectivity index (χ3n) is 5.06. The first-order valence-corrected chi connectivity index (χ1v) is 8.16. The minimum atomic E-state index is 0.000340. The van der Waals surface area contributed by atoms with Gasteiger partial charge in [-0.2, -0.15) is 0 Å². The molecule has 0 fully saturated rings. The highest BCUT2D eigenvalue weighted by molar-refractivity contribution is 6.42. The summed E-state index contributed by atoms with van der Waals surface area (Å²) >= 11 is 12.3. The zero-order valence-electron chi connectivity index (χ0n) is 12.7. The number of rotatable bonds is 1. The average Bonchev–Trinajstić information content (AvgIpc) is 2.47. The first kappa shape index (κ1) is 14.9. The molecule has 0 saturated carbocycles. The maximum atomic E-state index is 6.25. The molecule has 2 aromatic carbocycles. The molecule has 1 aliphatic carbocycles. The van der Waals surface area contributed by atoms with Gasteiger partial charge in [-0.15, -0.1) is 0 Å². The van der Waals surface area contributed by atoms with Crippen molar-refractivity contribution in [2.45, 2.75) is 44.4 Å². The van der Waals surface area contributed by atoms with Crippen molar-refractivity contribution in [2.24, 2.45) is 0 Å². The molecule has 1 aliphatic rings. The van der Waals surface area contributed by atoms with Crippen LogP contribution >= 0.6 is 23.2 Å². The molecule has 0 bridgehead atoms. The summed E-state index contributed by atoms with van der Waals surface area (Å²) in [6, 6.07) is 14.9. The summed E-state index contributed by atoms with van der Waals surface area (Å²) in [4.78, 5) is 0. The van der Waals surface area contributed by atoms with Crippen LogP contribution in [0.2, 0.25) is 10.0 Å². The molecule has 0 nitrogen and oxygen atoms in total. The molecule has 21 heavy (non-hydrogen) atoms. The van der Waals surface area contributed by atoms with Crippen molar-refractivity contribution in [3.8, 4) is 0 Å². The predicted octanol–water partition coefficient (Wildman–Crippen LogP) is 6.37. The first-order valence-electron chi connectivity index (χ1n) is 7.40. The molecule has 0 saturated heterocycles. The molecule has 0 N–H and O–H groups in total. The summed E-state index contributed by atoms with van der Waals surface area (Å²) in [7, 11) is 0. The van der Waals surface area contributed by atoms with Gasteiger partial charge in [0.05, 0.1) is 10.0 Å². The van der Waals surface area contributed by atoms with Crippen LogP contribution in [0.3, 0.4) is 0 Å². The fourth-order valence-corrected chi connectivity index (χ4v) is 3.82. The van der Waals surface area contributed by atoms with Crippen LogP contribution in [0.5, 0.6) is 0 Å². The van der Waals surface area contributed by atoms with Gasteiger partial charge < -0.3 is 0 Å². The van der Waals surface area contributed by atoms with E-state index in [1.165, 1.54) is 23.1 Å². The second kappa shape index (κ2) is 5.04. The van der Waals surface area contributed by atoms with Crippen molar-refractivity contribution in [3.63, 3.8) is 0 Å². The van der Waals surface area contributed by atoms with Crippen molar-refractivity contribution >= 4 is 23.2 Å². The average molecular weight is 319 g/mol. The minimum Gasteiger partial charge on any atom is -0.0827 e. The second-order valence-electron chi connectivity index (χ2n) is 6.89. The molecule has 3 rings (SSSR count). The van der Waals surface area contributed by atoms with Gasteiger partial charge in [-0.25, -0.2) is 0 Å². The third kappa shape index (κ3) is 2.39. The molecule has 0 radical (unpaired) electrons. The van der Waals surface area contributed by atoms with Gasteiger partial charge in [0.1, 0.15) is 0 Å². The Balaban J connectivity index is 2.20. The zero-order valence-corrected chi connectivity index (χ0v) is 14.2. The van der Waals surface area contributed by atoms with E-state index in [1.54, 1.807) is 0 Å². The number of fused-ring (bicyclic) bond motifs is 1. The summed E-state index contributed by atoms with van der Waals surface area (Å²) in [6.07, 6.45) is 2.29. The van der Waals surface area contributed by atoms with Gasteiger partial charge in [0.2, 0.25) is 0 Å². The van der Waals surface area contributed by atoms with Gasteiger partial charge in [0.15, 0.2) is 0 Å². The second-order valence-corrected chi connectivity index (χ2v) is 7.70. The number of halogens is 2. The number of hydrogen-bond acceptors (Lipinski definition) is 0. The van der Waals surface area contributed by atoms with E-state index in [4.69, 9.17) is 23.2 Å². The maximum Gasteiger partial charge on any atom is 0.0595 e. The molecule has 0 aliphatic heterocycles. The van der Waals surface area contributed by atoms with E-state index >= 15 is 0 Å². The Kier molecular flexibility index (Phi) is 3.58. The highest BCUT2D eigenvalue weighted by atomic mass is 35.5. The van der Waals surface area contributed by atoms with Crippen molar-refractivity contribution < 1.29 is 0 Å². The fourth-order valence-electron chi connectivity index (χ4n) is 3.53. The van der Waals surface area contributed by atoms with Gasteiger partial charge in [0, 0.05) is 5.41 Å². The molecule has 0 amide bonds. The van der Waals surface area contributed by atoms with Crippen LogP contribution in [0.1, 0.15) is 50.3 Å². The van der Waals surface area contributed by atoms with Crippen LogP contribution in [0.4, 0.5) is 0 Å². The van der Waals surface area contributed by atoms with E-state index in [-0.39, 0.29) is 10.8 Å². The van der Waals surface area contributed by atoms with Crippen LogP contribution < -0.4 is 0 Å². The molecule has 2 aromatic rings. The minimum absolute atomic E-state index is 0.000340. The molecule has 0 unspecified atom stereocenters. The molecule has 0 aromatic heterocycles. The van der Waals surface area contributed by atoms with Crippen LogP contribution in [-0.2, 0) is 10.8 Å². The summed E-state index contributed by atoms with van der Waals surface area (Å²) in [5.74, 6) is 0. The largest absolute Gasteiger partial charge is 0.0827 e. The van der Waals surface area contributed by atoms with Gasteiger partial charge >= 0.3 is 0 Å². The van der Waals surface area contributed by atoms with Gasteiger partial charge in [-0.05, 0) is 47.1 Å². The van der Waals surface area contributed by atoms with Crippen molar-refractivity contribution in [3.05, 3.63) is 69.2 Å². The number of hydrogen-bond donors (Lipinski definition) is 0. The first-order chi connectivity index (χ1) is 9.84. The Morgan fingerprint density at radius 1 is 0.810 bits per heavy atom.